The number of nitrogens with one attached hydrogen (secondary N) is 1. The highest BCUT2D eigenvalue weighted by Crippen LogP contribution is 2.22. The van der Waals surface area contributed by atoms with Crippen LogP contribution in [0.4, 0.5) is 4.39 Å². The van der Waals surface area contributed by atoms with E-state index in [1.54, 1.807) is 19.2 Å². The first kappa shape index (κ1) is 10.8. The second-order valence-corrected chi connectivity index (χ2v) is 3.61. The van der Waals surface area contributed by atoms with Crippen LogP contribution in [0.15, 0.2) is 28.8 Å². The molecule has 2 aromatic rings. The van der Waals surface area contributed by atoms with Crippen LogP contribution in [-0.2, 0) is 6.54 Å². The molecule has 0 fully saturated rings. The minimum atomic E-state index is -0.232. The van der Waals surface area contributed by atoms with Crippen LogP contribution >= 0.6 is 0 Å². The first-order valence-electron chi connectivity index (χ1n) is 5.06. The van der Waals surface area contributed by atoms with Crippen molar-refractivity contribution in [2.24, 2.45) is 0 Å². The lowest BCUT2D eigenvalue weighted by Crippen LogP contribution is -2.04. The molecule has 1 aromatic carbocycles. The van der Waals surface area contributed by atoms with Gasteiger partial charge in [0.05, 0.1) is 12.7 Å². The molecule has 1 heterocycles. The normalized spacial score (nSPS) is 10.7. The molecule has 2 rings (SSSR count). The van der Waals surface area contributed by atoms with Crippen LogP contribution in [0.2, 0.25) is 0 Å². The molecule has 0 saturated carbocycles. The van der Waals surface area contributed by atoms with Crippen LogP contribution in [0.3, 0.4) is 0 Å². The van der Waals surface area contributed by atoms with Crippen molar-refractivity contribution in [2.45, 2.75) is 13.5 Å². The van der Waals surface area contributed by atoms with Gasteiger partial charge in [-0.1, -0.05) is 12.1 Å². The summed E-state index contributed by atoms with van der Waals surface area (Å²) in [4.78, 5) is 4.08. The number of hydrogen-bond donors (Lipinski definition) is 1. The minimum absolute atomic E-state index is 0.232. The van der Waals surface area contributed by atoms with Gasteiger partial charge in [0.15, 0.2) is 5.76 Å². The summed E-state index contributed by atoms with van der Waals surface area (Å²) >= 11 is 0. The number of benzene rings is 1. The monoisotopic (exact) mass is 220 g/mol. The molecular weight excluding hydrogens is 207 g/mol. The second-order valence-electron chi connectivity index (χ2n) is 3.61. The fourth-order valence-electron chi connectivity index (χ4n) is 1.42. The molecule has 0 amide bonds. The van der Waals surface area contributed by atoms with Crippen LogP contribution in [0.1, 0.15) is 11.5 Å². The third-order valence-electron chi connectivity index (χ3n) is 2.34. The predicted octanol–water partition coefficient (Wildman–Crippen LogP) is 2.51. The van der Waals surface area contributed by atoms with Crippen molar-refractivity contribution in [1.82, 2.24) is 10.3 Å². The number of aromatic nitrogens is 1. The molecule has 4 heteroatoms. The molecule has 16 heavy (non-hydrogen) atoms. The Morgan fingerprint density at radius 2 is 2.25 bits per heavy atom. The molecule has 0 aliphatic carbocycles. The fourth-order valence-corrected chi connectivity index (χ4v) is 1.42. The standard InChI is InChI=1S/C12H13FN2O/c1-8-3-4-9(5-10(8)13)11-6-15-12(16-11)7-14-2/h3-6,14H,7H2,1-2H3. The quantitative estimate of drug-likeness (QED) is 0.863. The number of aryl methyl sites for hydroxylation is 1. The molecule has 84 valence electrons. The van der Waals surface area contributed by atoms with E-state index in [9.17, 15) is 4.39 Å². The highest BCUT2D eigenvalue weighted by molar-refractivity contribution is 5.56. The lowest BCUT2D eigenvalue weighted by Gasteiger charge is -1.99. The Morgan fingerprint density at radius 1 is 1.44 bits per heavy atom. The van der Waals surface area contributed by atoms with Crippen LogP contribution in [0.5, 0.6) is 0 Å². The van der Waals surface area contributed by atoms with E-state index in [1.807, 2.05) is 13.1 Å². The van der Waals surface area contributed by atoms with Gasteiger partial charge in [-0.25, -0.2) is 9.37 Å². The van der Waals surface area contributed by atoms with E-state index in [0.717, 1.165) is 0 Å². The first-order chi connectivity index (χ1) is 7.70. The molecule has 1 aromatic heterocycles. The van der Waals surface area contributed by atoms with Crippen molar-refractivity contribution < 1.29 is 8.81 Å². The Labute approximate surface area is 93.3 Å². The SMILES string of the molecule is CNCc1ncc(-c2ccc(C)c(F)c2)o1. The minimum Gasteiger partial charge on any atom is -0.439 e. The van der Waals surface area contributed by atoms with Gasteiger partial charge in [0.2, 0.25) is 5.89 Å². The third-order valence-corrected chi connectivity index (χ3v) is 2.34. The van der Waals surface area contributed by atoms with Crippen LogP contribution in [0.25, 0.3) is 11.3 Å². The maximum Gasteiger partial charge on any atom is 0.208 e. The van der Waals surface area contributed by atoms with E-state index in [1.165, 1.54) is 6.07 Å². The summed E-state index contributed by atoms with van der Waals surface area (Å²) in [6.07, 6.45) is 1.61. The van der Waals surface area contributed by atoms with Gasteiger partial charge in [0.1, 0.15) is 5.82 Å². The summed E-state index contributed by atoms with van der Waals surface area (Å²) in [6.45, 7) is 2.29. The zero-order valence-electron chi connectivity index (χ0n) is 9.25. The number of nitrogens with zero attached hydrogens (tertiary/aromatic N) is 1. The molecule has 0 aliphatic heterocycles. The first-order valence-corrected chi connectivity index (χ1v) is 5.06. The molecule has 0 radical (unpaired) electrons. The van der Waals surface area contributed by atoms with E-state index in [2.05, 4.69) is 10.3 Å². The van der Waals surface area contributed by atoms with Crippen molar-refractivity contribution in [1.29, 1.82) is 0 Å². The largest absolute Gasteiger partial charge is 0.439 e. The molecule has 0 bridgehead atoms. The van der Waals surface area contributed by atoms with Crippen molar-refractivity contribution in [3.8, 4) is 11.3 Å². The zero-order valence-corrected chi connectivity index (χ0v) is 9.25. The van der Waals surface area contributed by atoms with E-state index < -0.39 is 0 Å². The molecule has 1 N–H and O–H groups in total. The van der Waals surface area contributed by atoms with Gasteiger partial charge in [-0.2, -0.15) is 0 Å². The van der Waals surface area contributed by atoms with Gasteiger partial charge < -0.3 is 9.73 Å². The van der Waals surface area contributed by atoms with Crippen LogP contribution in [-0.4, -0.2) is 12.0 Å². The van der Waals surface area contributed by atoms with Gasteiger partial charge >= 0.3 is 0 Å². The smallest absolute Gasteiger partial charge is 0.208 e. The summed E-state index contributed by atoms with van der Waals surface area (Å²) in [5, 5.41) is 2.94. The maximum absolute atomic E-state index is 13.3. The fraction of sp³-hybridized carbons (Fsp3) is 0.250. The highest BCUT2D eigenvalue weighted by Gasteiger charge is 2.07. The zero-order chi connectivity index (χ0) is 11.5. The molecule has 0 saturated heterocycles. The summed E-state index contributed by atoms with van der Waals surface area (Å²) in [5.41, 5.74) is 1.33. The molecular formula is C12H13FN2O. The second kappa shape index (κ2) is 4.45. The molecule has 3 nitrogen and oxygen atoms in total. The van der Waals surface area contributed by atoms with Crippen molar-refractivity contribution >= 4 is 0 Å². The number of halogens is 1. The lowest BCUT2D eigenvalue weighted by molar-refractivity contribution is 0.490. The Kier molecular flexibility index (Phi) is 3.01. The Morgan fingerprint density at radius 3 is 2.94 bits per heavy atom. The van der Waals surface area contributed by atoms with Crippen LogP contribution < -0.4 is 5.32 Å². The summed E-state index contributed by atoms with van der Waals surface area (Å²) in [6, 6.07) is 5.01. The van der Waals surface area contributed by atoms with Gasteiger partial charge in [-0.05, 0) is 25.6 Å². The number of oxazole rings is 1. The number of hydrogen-bond acceptors (Lipinski definition) is 3. The topological polar surface area (TPSA) is 38.1 Å². The third kappa shape index (κ3) is 2.12. The van der Waals surface area contributed by atoms with Crippen LogP contribution in [0, 0.1) is 12.7 Å². The average molecular weight is 220 g/mol. The van der Waals surface area contributed by atoms with Crippen molar-refractivity contribution in [2.75, 3.05) is 7.05 Å². The van der Waals surface area contributed by atoms with Gasteiger partial charge in [0.25, 0.3) is 0 Å². The summed E-state index contributed by atoms with van der Waals surface area (Å²) in [7, 11) is 1.81. The van der Waals surface area contributed by atoms with E-state index in [4.69, 9.17) is 4.42 Å². The Bertz CT molecular complexity index is 494. The average Bonchev–Trinajstić information content (AvgIpc) is 2.71. The van der Waals surface area contributed by atoms with Gasteiger partial charge in [-0.3, -0.25) is 0 Å². The Balaban J connectivity index is 2.31. The van der Waals surface area contributed by atoms with Gasteiger partial charge in [0, 0.05) is 5.56 Å². The van der Waals surface area contributed by atoms with E-state index in [0.29, 0.717) is 29.3 Å². The summed E-state index contributed by atoms with van der Waals surface area (Å²) < 4.78 is 18.8. The highest BCUT2D eigenvalue weighted by atomic mass is 19.1. The number of rotatable bonds is 3. The molecule has 0 aliphatic rings. The van der Waals surface area contributed by atoms with Gasteiger partial charge in [-0.15, -0.1) is 0 Å². The van der Waals surface area contributed by atoms with Crippen molar-refractivity contribution in [3.63, 3.8) is 0 Å². The predicted molar refractivity (Wildman–Crippen MR) is 59.4 cm³/mol. The Hall–Kier alpha value is -1.68. The molecule has 0 unspecified atom stereocenters. The van der Waals surface area contributed by atoms with E-state index >= 15 is 0 Å². The molecule has 0 atom stereocenters. The maximum atomic E-state index is 13.3. The summed E-state index contributed by atoms with van der Waals surface area (Å²) in [5.74, 6) is 0.951. The molecule has 0 spiro atoms. The van der Waals surface area contributed by atoms with Crippen molar-refractivity contribution in [3.05, 3.63) is 41.7 Å². The lowest BCUT2D eigenvalue weighted by atomic mass is 10.1. The van der Waals surface area contributed by atoms with E-state index in [-0.39, 0.29) is 5.82 Å².